The number of nitro groups is 1. The fourth-order valence-electron chi connectivity index (χ4n) is 1.30. The van der Waals surface area contributed by atoms with Crippen LogP contribution in [0.15, 0.2) is 28.7 Å². The largest absolute Gasteiger partial charge is 0.385 e. The van der Waals surface area contributed by atoms with E-state index in [-0.39, 0.29) is 14.9 Å². The van der Waals surface area contributed by atoms with Crippen LogP contribution < -0.4 is 10.5 Å². The molecule has 2 heterocycles. The van der Waals surface area contributed by atoms with Crippen LogP contribution in [0, 0.1) is 15.9 Å². The average molecular weight is 318 g/mol. The third-order valence-corrected chi connectivity index (χ3v) is 4.99. The molecule has 2 rings (SSSR count). The number of rotatable bonds is 4. The zero-order valence-electron chi connectivity index (χ0n) is 9.61. The summed E-state index contributed by atoms with van der Waals surface area (Å²) >= 11 is 0.522. The van der Waals surface area contributed by atoms with Crippen molar-refractivity contribution in [2.75, 3.05) is 10.5 Å². The second kappa shape index (κ2) is 5.02. The molecular weight excluding hydrogens is 311 g/mol. The van der Waals surface area contributed by atoms with Gasteiger partial charge in [-0.3, -0.25) is 19.8 Å². The van der Waals surface area contributed by atoms with Crippen LogP contribution in [0.25, 0.3) is 0 Å². The number of sulfonamides is 1. The fraction of sp³-hybridized carbons (Fsp3) is 0. The van der Waals surface area contributed by atoms with Gasteiger partial charge in [0.15, 0.2) is 10.8 Å². The van der Waals surface area contributed by atoms with Crippen molar-refractivity contribution in [2.45, 2.75) is 4.21 Å². The second-order valence-corrected chi connectivity index (χ2v) is 6.53. The minimum absolute atomic E-state index is 0.245. The molecule has 106 valence electrons. The molecule has 2 aromatic rings. The molecular formula is C9H7FN4O4S2. The van der Waals surface area contributed by atoms with Crippen molar-refractivity contribution in [1.29, 1.82) is 0 Å². The summed E-state index contributed by atoms with van der Waals surface area (Å²) in [5, 5.41) is 10.4. The number of nitrogen functional groups attached to an aromatic ring is 1. The van der Waals surface area contributed by atoms with Gasteiger partial charge in [0.05, 0.1) is 16.8 Å². The fourth-order valence-corrected chi connectivity index (χ4v) is 3.58. The van der Waals surface area contributed by atoms with E-state index in [1.807, 2.05) is 4.72 Å². The topological polar surface area (TPSA) is 128 Å². The maximum atomic E-state index is 13.3. The lowest BCUT2D eigenvalue weighted by Crippen LogP contribution is -2.12. The Bertz CT molecular complexity index is 774. The summed E-state index contributed by atoms with van der Waals surface area (Å²) in [6.45, 7) is 0. The SMILES string of the molecule is Nc1sc(S(=O)(=O)Nc2ccncc2F)cc1[N+](=O)[O-]. The van der Waals surface area contributed by atoms with E-state index in [2.05, 4.69) is 4.98 Å². The van der Waals surface area contributed by atoms with Gasteiger partial charge in [0.1, 0.15) is 4.21 Å². The summed E-state index contributed by atoms with van der Waals surface area (Å²) in [6, 6.07) is 1.94. The molecule has 0 unspecified atom stereocenters. The molecule has 0 saturated carbocycles. The lowest BCUT2D eigenvalue weighted by molar-refractivity contribution is -0.383. The average Bonchev–Trinajstić information content (AvgIpc) is 2.75. The molecule has 8 nitrogen and oxygen atoms in total. The van der Waals surface area contributed by atoms with E-state index in [1.165, 1.54) is 6.20 Å². The number of hydrogen-bond donors (Lipinski definition) is 2. The molecule has 0 aliphatic rings. The van der Waals surface area contributed by atoms with Crippen LogP contribution in [0.3, 0.4) is 0 Å². The predicted octanol–water partition coefficient (Wildman–Crippen LogP) is 1.57. The zero-order valence-corrected chi connectivity index (χ0v) is 11.2. The van der Waals surface area contributed by atoms with Crippen molar-refractivity contribution in [1.82, 2.24) is 4.98 Å². The van der Waals surface area contributed by atoms with Gasteiger partial charge in [-0.25, -0.2) is 12.8 Å². The van der Waals surface area contributed by atoms with Crippen molar-refractivity contribution >= 4 is 37.7 Å². The third-order valence-electron chi connectivity index (χ3n) is 2.20. The van der Waals surface area contributed by atoms with Crippen LogP contribution in [-0.4, -0.2) is 18.3 Å². The molecule has 0 aliphatic heterocycles. The molecule has 0 fully saturated rings. The van der Waals surface area contributed by atoms with Gasteiger partial charge in [0, 0.05) is 12.3 Å². The number of aromatic nitrogens is 1. The molecule has 0 amide bonds. The lowest BCUT2D eigenvalue weighted by Gasteiger charge is -2.05. The number of halogens is 1. The Morgan fingerprint density at radius 3 is 2.75 bits per heavy atom. The maximum Gasteiger partial charge on any atom is 0.304 e. The van der Waals surface area contributed by atoms with E-state index in [0.717, 1.165) is 18.3 Å². The van der Waals surface area contributed by atoms with Crippen LogP contribution >= 0.6 is 11.3 Å². The number of nitrogens with two attached hydrogens (primary N) is 1. The van der Waals surface area contributed by atoms with Gasteiger partial charge in [0.2, 0.25) is 0 Å². The second-order valence-electron chi connectivity index (χ2n) is 3.53. The quantitative estimate of drug-likeness (QED) is 0.650. The summed E-state index contributed by atoms with van der Waals surface area (Å²) in [5.41, 5.74) is 4.54. The van der Waals surface area contributed by atoms with Crippen molar-refractivity contribution in [3.8, 4) is 0 Å². The summed E-state index contributed by atoms with van der Waals surface area (Å²) < 4.78 is 38.9. The smallest absolute Gasteiger partial charge is 0.304 e. The maximum absolute atomic E-state index is 13.3. The van der Waals surface area contributed by atoms with Gasteiger partial charge in [-0.15, -0.1) is 0 Å². The molecule has 11 heteroatoms. The highest BCUT2D eigenvalue weighted by Crippen LogP contribution is 2.35. The Balaban J connectivity index is 2.39. The predicted molar refractivity (Wildman–Crippen MR) is 70.4 cm³/mol. The van der Waals surface area contributed by atoms with Crippen molar-refractivity contribution in [3.63, 3.8) is 0 Å². The van der Waals surface area contributed by atoms with E-state index < -0.39 is 26.5 Å². The summed E-state index contributed by atoms with van der Waals surface area (Å²) in [4.78, 5) is 13.3. The van der Waals surface area contributed by atoms with Crippen molar-refractivity contribution in [3.05, 3.63) is 40.5 Å². The standard InChI is InChI=1S/C9H7FN4O4S2/c10-5-4-12-2-1-6(5)13-20(17,18)8-3-7(14(15)16)9(11)19-8/h1-4H,11H2,(H,12,13). The molecule has 0 radical (unpaired) electrons. The monoisotopic (exact) mass is 318 g/mol. The van der Waals surface area contributed by atoms with E-state index in [1.54, 1.807) is 0 Å². The summed E-state index contributed by atoms with van der Waals surface area (Å²) in [6.07, 6.45) is 2.04. The number of hydrogen-bond acceptors (Lipinski definition) is 7. The van der Waals surface area contributed by atoms with Crippen LogP contribution in [0.5, 0.6) is 0 Å². The van der Waals surface area contributed by atoms with Crippen LogP contribution in [0.1, 0.15) is 0 Å². The highest BCUT2D eigenvalue weighted by atomic mass is 32.2. The van der Waals surface area contributed by atoms with Crippen LogP contribution in [-0.2, 0) is 10.0 Å². The van der Waals surface area contributed by atoms with Gasteiger partial charge >= 0.3 is 5.69 Å². The first-order valence-electron chi connectivity index (χ1n) is 4.97. The normalized spacial score (nSPS) is 11.2. The molecule has 2 aromatic heterocycles. The van der Waals surface area contributed by atoms with Gasteiger partial charge in [-0.05, 0) is 6.07 Å². The van der Waals surface area contributed by atoms with E-state index in [9.17, 15) is 22.9 Å². The van der Waals surface area contributed by atoms with E-state index in [0.29, 0.717) is 11.3 Å². The Labute approximate surface area is 116 Å². The Morgan fingerprint density at radius 1 is 1.50 bits per heavy atom. The highest BCUT2D eigenvalue weighted by molar-refractivity contribution is 7.94. The molecule has 0 bridgehead atoms. The Morgan fingerprint density at radius 2 is 2.20 bits per heavy atom. The zero-order chi connectivity index (χ0) is 14.9. The molecule has 0 atom stereocenters. The first-order valence-corrected chi connectivity index (χ1v) is 7.27. The first-order chi connectivity index (χ1) is 9.31. The van der Waals surface area contributed by atoms with E-state index >= 15 is 0 Å². The van der Waals surface area contributed by atoms with Gasteiger partial charge < -0.3 is 5.73 Å². The van der Waals surface area contributed by atoms with Gasteiger partial charge in [0.25, 0.3) is 10.0 Å². The van der Waals surface area contributed by atoms with Crippen LogP contribution in [0.4, 0.5) is 20.8 Å². The molecule has 0 aromatic carbocycles. The number of pyridine rings is 1. The van der Waals surface area contributed by atoms with Crippen molar-refractivity contribution in [2.24, 2.45) is 0 Å². The van der Waals surface area contributed by atoms with Crippen molar-refractivity contribution < 1.29 is 17.7 Å². The lowest BCUT2D eigenvalue weighted by atomic mass is 10.4. The first kappa shape index (κ1) is 14.1. The molecule has 0 saturated heterocycles. The molecule has 0 aliphatic carbocycles. The van der Waals surface area contributed by atoms with Crippen LogP contribution in [0.2, 0.25) is 0 Å². The summed E-state index contributed by atoms with van der Waals surface area (Å²) in [7, 11) is -4.15. The minimum Gasteiger partial charge on any atom is -0.385 e. The Hall–Kier alpha value is -2.27. The number of anilines is 2. The molecule has 20 heavy (non-hydrogen) atoms. The number of thiophene rings is 1. The molecule has 3 N–H and O–H groups in total. The van der Waals surface area contributed by atoms with Gasteiger partial charge in [-0.1, -0.05) is 11.3 Å². The molecule has 0 spiro atoms. The number of nitrogens with zero attached hydrogens (tertiary/aromatic N) is 2. The minimum atomic E-state index is -4.15. The van der Waals surface area contributed by atoms with Gasteiger partial charge in [-0.2, -0.15) is 0 Å². The number of nitrogens with one attached hydrogen (secondary N) is 1. The summed E-state index contributed by atoms with van der Waals surface area (Å²) in [5.74, 6) is -0.866. The van der Waals surface area contributed by atoms with E-state index in [4.69, 9.17) is 5.73 Å². The highest BCUT2D eigenvalue weighted by Gasteiger charge is 2.25. The third kappa shape index (κ3) is 2.67. The Kier molecular flexibility index (Phi) is 3.55.